The van der Waals surface area contributed by atoms with Crippen molar-refractivity contribution in [2.24, 2.45) is 0 Å². The standard InChI is InChI=1S/C31H28N2O/c1-18(2)23-8-6-9-24(19(3)4)29(23)21-14-15-33-28(16-21)27-11-7-10-25-26-13-12-22(17-32)20(5)30(26)34-31(25)27/h6-16,18-19H,1-5H3/i5D3. The summed E-state index contributed by atoms with van der Waals surface area (Å²) in [5.74, 6) is 0.716. The first-order valence-corrected chi connectivity index (χ1v) is 11.6. The first-order valence-electron chi connectivity index (χ1n) is 13.1. The third-order valence-corrected chi connectivity index (χ3v) is 6.48. The first-order chi connectivity index (χ1) is 17.6. The number of hydrogen-bond acceptors (Lipinski definition) is 3. The van der Waals surface area contributed by atoms with E-state index >= 15 is 0 Å². The number of pyridine rings is 1. The Morgan fingerprint density at radius 1 is 0.882 bits per heavy atom. The van der Waals surface area contributed by atoms with E-state index in [-0.39, 0.29) is 16.7 Å². The van der Waals surface area contributed by atoms with E-state index in [9.17, 15) is 5.26 Å². The lowest BCUT2D eigenvalue weighted by Gasteiger charge is -2.20. The Hall–Kier alpha value is -3.90. The maximum atomic E-state index is 9.56. The molecule has 0 aliphatic rings. The van der Waals surface area contributed by atoms with Crippen molar-refractivity contribution in [3.63, 3.8) is 0 Å². The highest BCUT2D eigenvalue weighted by Gasteiger charge is 2.19. The fourth-order valence-electron chi connectivity index (χ4n) is 4.77. The van der Waals surface area contributed by atoms with Crippen LogP contribution >= 0.6 is 0 Å². The fraction of sp³-hybridized carbons (Fsp3) is 0.226. The molecule has 0 amide bonds. The number of aromatic nitrogens is 1. The van der Waals surface area contributed by atoms with Crippen molar-refractivity contribution in [3.05, 3.63) is 89.1 Å². The Balaban J connectivity index is 1.77. The second-order valence-electron chi connectivity index (χ2n) is 9.31. The maximum Gasteiger partial charge on any atom is 0.144 e. The van der Waals surface area contributed by atoms with Crippen molar-refractivity contribution in [2.75, 3.05) is 0 Å². The van der Waals surface area contributed by atoms with Crippen LogP contribution in [0.15, 0.2) is 71.3 Å². The van der Waals surface area contributed by atoms with E-state index in [1.54, 1.807) is 12.1 Å². The lowest BCUT2D eigenvalue weighted by atomic mass is 9.85. The van der Waals surface area contributed by atoms with Gasteiger partial charge in [0.25, 0.3) is 0 Å². The summed E-state index contributed by atoms with van der Waals surface area (Å²) in [5.41, 5.74) is 7.24. The normalized spacial score (nSPS) is 13.3. The molecule has 0 aliphatic heterocycles. The monoisotopic (exact) mass is 447 g/mol. The van der Waals surface area contributed by atoms with E-state index < -0.39 is 6.85 Å². The van der Waals surface area contributed by atoms with Gasteiger partial charge in [0.05, 0.1) is 17.3 Å². The molecule has 5 rings (SSSR count). The number of benzene rings is 3. The third kappa shape index (κ3) is 3.47. The van der Waals surface area contributed by atoms with Gasteiger partial charge in [-0.05, 0) is 71.3 Å². The molecule has 0 unspecified atom stereocenters. The molecule has 0 aliphatic carbocycles. The molecule has 0 fully saturated rings. The van der Waals surface area contributed by atoms with Crippen molar-refractivity contribution in [3.8, 4) is 28.5 Å². The molecular weight excluding hydrogens is 416 g/mol. The van der Waals surface area contributed by atoms with Crippen molar-refractivity contribution < 1.29 is 8.53 Å². The zero-order chi connectivity index (χ0) is 26.5. The number of para-hydroxylation sites is 1. The highest BCUT2D eigenvalue weighted by atomic mass is 16.3. The van der Waals surface area contributed by atoms with Gasteiger partial charge in [-0.2, -0.15) is 5.26 Å². The predicted molar refractivity (Wildman–Crippen MR) is 140 cm³/mol. The Labute approximate surface area is 204 Å². The van der Waals surface area contributed by atoms with Crippen LogP contribution in [0.5, 0.6) is 0 Å². The number of rotatable bonds is 4. The summed E-state index contributed by atoms with van der Waals surface area (Å²) in [6.45, 7) is 6.34. The molecule has 0 N–H and O–H groups in total. The van der Waals surface area contributed by atoms with Crippen LogP contribution in [0.25, 0.3) is 44.3 Å². The first kappa shape index (κ1) is 18.5. The molecule has 0 atom stereocenters. The van der Waals surface area contributed by atoms with Gasteiger partial charge in [-0.15, -0.1) is 0 Å². The molecule has 0 saturated heterocycles. The highest BCUT2D eigenvalue weighted by Crippen LogP contribution is 2.40. The van der Waals surface area contributed by atoms with E-state index in [1.807, 2.05) is 36.5 Å². The van der Waals surface area contributed by atoms with Crippen LogP contribution in [0, 0.1) is 18.2 Å². The van der Waals surface area contributed by atoms with E-state index in [2.05, 4.69) is 56.9 Å². The van der Waals surface area contributed by atoms with Gasteiger partial charge in [0.1, 0.15) is 11.2 Å². The van der Waals surface area contributed by atoms with Crippen LogP contribution in [0.1, 0.15) is 65.9 Å². The maximum absolute atomic E-state index is 9.56. The van der Waals surface area contributed by atoms with Gasteiger partial charge >= 0.3 is 0 Å². The SMILES string of the molecule is [2H]C([2H])([2H])c1c(C#N)ccc2c1oc1c(-c3cc(-c4c(C(C)C)cccc4C(C)C)ccn3)cccc12. The molecule has 0 saturated carbocycles. The Morgan fingerprint density at radius 2 is 1.59 bits per heavy atom. The zero-order valence-corrected chi connectivity index (χ0v) is 19.8. The van der Waals surface area contributed by atoms with Crippen LogP contribution in [0.2, 0.25) is 0 Å². The van der Waals surface area contributed by atoms with Crippen LogP contribution in [-0.2, 0) is 0 Å². The highest BCUT2D eigenvalue weighted by molar-refractivity contribution is 6.10. The van der Waals surface area contributed by atoms with Crippen LogP contribution < -0.4 is 0 Å². The Morgan fingerprint density at radius 3 is 2.26 bits per heavy atom. The zero-order valence-electron chi connectivity index (χ0n) is 22.8. The topological polar surface area (TPSA) is 49.8 Å². The number of hydrogen-bond donors (Lipinski definition) is 0. The van der Waals surface area contributed by atoms with Gasteiger partial charge in [-0.25, -0.2) is 0 Å². The third-order valence-electron chi connectivity index (χ3n) is 6.48. The largest absolute Gasteiger partial charge is 0.455 e. The predicted octanol–water partition coefficient (Wildman–Crippen LogP) is 8.74. The Kier molecular flexibility index (Phi) is 4.61. The molecule has 5 aromatic rings. The van der Waals surface area contributed by atoms with Crippen LogP contribution in [0.3, 0.4) is 0 Å². The lowest BCUT2D eigenvalue weighted by Crippen LogP contribution is -2.00. The summed E-state index contributed by atoms with van der Waals surface area (Å²) in [7, 11) is 0. The van der Waals surface area contributed by atoms with E-state index in [4.69, 9.17) is 8.53 Å². The molecule has 0 radical (unpaired) electrons. The van der Waals surface area contributed by atoms with Crippen molar-refractivity contribution >= 4 is 21.9 Å². The number of nitrogens with zero attached hydrogens (tertiary/aromatic N) is 2. The minimum absolute atomic E-state index is 0.0520. The van der Waals surface area contributed by atoms with E-state index in [0.29, 0.717) is 22.8 Å². The minimum Gasteiger partial charge on any atom is -0.455 e. The Bertz CT molecular complexity index is 1660. The fourth-order valence-corrected chi connectivity index (χ4v) is 4.77. The molecular formula is C31H28N2O. The van der Waals surface area contributed by atoms with Gasteiger partial charge in [0, 0.05) is 32.2 Å². The number of nitriles is 1. The molecule has 2 aromatic heterocycles. The van der Waals surface area contributed by atoms with Gasteiger partial charge in [-0.3, -0.25) is 4.98 Å². The summed E-state index contributed by atoms with van der Waals surface area (Å²) in [6, 6.07) is 21.7. The number of aryl methyl sites for hydroxylation is 1. The molecule has 0 bridgehead atoms. The van der Waals surface area contributed by atoms with Gasteiger partial charge in [0.2, 0.25) is 0 Å². The molecule has 0 spiro atoms. The minimum atomic E-state index is -2.48. The second kappa shape index (κ2) is 8.47. The average molecular weight is 448 g/mol. The number of fused-ring (bicyclic) bond motifs is 3. The number of furan rings is 1. The summed E-state index contributed by atoms with van der Waals surface area (Å²) in [4.78, 5) is 4.69. The molecule has 3 nitrogen and oxygen atoms in total. The lowest BCUT2D eigenvalue weighted by molar-refractivity contribution is 0.666. The van der Waals surface area contributed by atoms with Gasteiger partial charge in [-0.1, -0.05) is 58.0 Å². The van der Waals surface area contributed by atoms with Crippen LogP contribution in [0.4, 0.5) is 0 Å². The van der Waals surface area contributed by atoms with E-state index in [0.717, 1.165) is 22.2 Å². The van der Waals surface area contributed by atoms with Crippen molar-refractivity contribution in [1.82, 2.24) is 4.98 Å². The van der Waals surface area contributed by atoms with Crippen molar-refractivity contribution in [1.29, 1.82) is 5.26 Å². The molecule has 34 heavy (non-hydrogen) atoms. The van der Waals surface area contributed by atoms with Crippen molar-refractivity contribution in [2.45, 2.75) is 46.4 Å². The quantitative estimate of drug-likeness (QED) is 0.277. The summed E-state index contributed by atoms with van der Waals surface area (Å²) < 4.78 is 30.4. The smallest absolute Gasteiger partial charge is 0.144 e. The molecule has 3 aromatic carbocycles. The molecule has 3 heteroatoms. The van der Waals surface area contributed by atoms with Crippen LogP contribution in [-0.4, -0.2) is 4.98 Å². The second-order valence-corrected chi connectivity index (χ2v) is 9.31. The summed E-state index contributed by atoms with van der Waals surface area (Å²) in [5, 5.41) is 11.0. The summed E-state index contributed by atoms with van der Waals surface area (Å²) >= 11 is 0. The molecule has 168 valence electrons. The average Bonchev–Trinajstić information content (AvgIpc) is 3.25. The molecule has 2 heterocycles. The van der Waals surface area contributed by atoms with E-state index in [1.165, 1.54) is 16.7 Å². The van der Waals surface area contributed by atoms with Gasteiger partial charge in [0.15, 0.2) is 0 Å². The summed E-state index contributed by atoms with van der Waals surface area (Å²) in [6.07, 6.45) is 1.81. The van der Waals surface area contributed by atoms with Gasteiger partial charge < -0.3 is 4.42 Å².